The first-order valence-electron chi connectivity index (χ1n) is 12.1. The molecule has 5 heteroatoms. The molecule has 2 N–H and O–H groups in total. The fraction of sp³-hybridized carbons (Fsp3) is 0.429. The van der Waals surface area contributed by atoms with Crippen LogP contribution in [0, 0.1) is 11.3 Å². The molecule has 0 spiro atoms. The topological polar surface area (TPSA) is 66.8 Å². The Bertz CT molecular complexity index is 1040. The van der Waals surface area contributed by atoms with Crippen molar-refractivity contribution in [3.63, 3.8) is 0 Å². The zero-order valence-electron chi connectivity index (χ0n) is 19.5. The highest BCUT2D eigenvalue weighted by atomic mass is 31.2. The lowest BCUT2D eigenvalue weighted by Crippen LogP contribution is -2.30. The molecule has 3 unspecified atom stereocenters. The Balaban J connectivity index is 1.82. The molecule has 3 atom stereocenters. The van der Waals surface area contributed by atoms with E-state index in [1.54, 1.807) is 0 Å². The van der Waals surface area contributed by atoms with E-state index in [0.29, 0.717) is 6.42 Å². The highest BCUT2D eigenvalue weighted by Gasteiger charge is 2.58. The normalized spacial score (nSPS) is 24.8. The van der Waals surface area contributed by atoms with Crippen LogP contribution in [-0.2, 0) is 9.09 Å². The lowest BCUT2D eigenvalue weighted by Gasteiger charge is -2.37. The molecule has 0 heterocycles. The molecule has 2 aliphatic rings. The van der Waals surface area contributed by atoms with Crippen molar-refractivity contribution in [1.29, 1.82) is 0 Å². The third-order valence-electron chi connectivity index (χ3n) is 7.50. The largest absolute Gasteiger partial charge is 0.469 e. The monoisotopic (exact) mass is 466 g/mol. The minimum absolute atomic E-state index is 0.0331. The molecule has 0 aromatic heterocycles. The van der Waals surface area contributed by atoms with Gasteiger partial charge < -0.3 is 9.79 Å². The van der Waals surface area contributed by atoms with Gasteiger partial charge in [-0.25, -0.2) is 4.57 Å². The van der Waals surface area contributed by atoms with Crippen LogP contribution in [0.25, 0.3) is 11.1 Å². The third-order valence-corrected chi connectivity index (χ3v) is 8.04. The number of hydrogen-bond donors (Lipinski definition) is 2. The van der Waals surface area contributed by atoms with E-state index in [1.165, 1.54) is 36.0 Å². The number of rotatable bonds is 10. The van der Waals surface area contributed by atoms with Crippen molar-refractivity contribution < 1.29 is 18.9 Å². The number of fused-ring (bicyclic) bond motifs is 1. The molecule has 4 rings (SSSR count). The van der Waals surface area contributed by atoms with E-state index in [9.17, 15) is 14.4 Å². The Morgan fingerprint density at radius 1 is 1.06 bits per heavy atom. The van der Waals surface area contributed by atoms with Gasteiger partial charge >= 0.3 is 7.82 Å². The van der Waals surface area contributed by atoms with Gasteiger partial charge in [0.2, 0.25) is 0 Å². The van der Waals surface area contributed by atoms with Gasteiger partial charge in [0.25, 0.3) is 0 Å². The molecule has 0 bridgehead atoms. The van der Waals surface area contributed by atoms with Gasteiger partial charge in [0.05, 0.1) is 6.10 Å². The predicted octanol–water partition coefficient (Wildman–Crippen LogP) is 7.40. The maximum absolute atomic E-state index is 11.8. The minimum Gasteiger partial charge on any atom is -0.303 e. The van der Waals surface area contributed by atoms with Crippen LogP contribution >= 0.6 is 7.82 Å². The van der Waals surface area contributed by atoms with Crippen LogP contribution in [0.5, 0.6) is 0 Å². The Labute approximate surface area is 197 Å². The fourth-order valence-corrected chi connectivity index (χ4v) is 6.76. The van der Waals surface area contributed by atoms with Crippen LogP contribution in [0.15, 0.2) is 72.8 Å². The van der Waals surface area contributed by atoms with Crippen LogP contribution in [0.3, 0.4) is 0 Å². The maximum atomic E-state index is 11.8. The van der Waals surface area contributed by atoms with Gasteiger partial charge in [-0.1, -0.05) is 99.0 Å². The second-order valence-electron chi connectivity index (χ2n) is 9.45. The Kier molecular flexibility index (Phi) is 7.40. The Hall–Kier alpha value is -1.97. The summed E-state index contributed by atoms with van der Waals surface area (Å²) >= 11 is 0. The number of unbranched alkanes of at least 4 members (excludes halogenated alkanes) is 3. The van der Waals surface area contributed by atoms with Crippen LogP contribution < -0.4 is 0 Å². The summed E-state index contributed by atoms with van der Waals surface area (Å²) in [5.74, 6) is -0.0331. The minimum atomic E-state index is -4.59. The van der Waals surface area contributed by atoms with E-state index in [-0.39, 0.29) is 11.3 Å². The Morgan fingerprint density at radius 2 is 1.73 bits per heavy atom. The van der Waals surface area contributed by atoms with Crippen LogP contribution in [0.2, 0.25) is 0 Å². The first-order chi connectivity index (χ1) is 15.9. The van der Waals surface area contributed by atoms with Gasteiger partial charge in [-0.05, 0) is 54.4 Å². The third kappa shape index (κ3) is 4.95. The molecule has 4 nitrogen and oxygen atoms in total. The van der Waals surface area contributed by atoms with Gasteiger partial charge in [-0.2, -0.15) is 0 Å². The van der Waals surface area contributed by atoms with E-state index < -0.39 is 13.9 Å². The summed E-state index contributed by atoms with van der Waals surface area (Å²) in [4.78, 5) is 19.3. The predicted molar refractivity (Wildman–Crippen MR) is 134 cm³/mol. The second kappa shape index (κ2) is 10.1. The van der Waals surface area contributed by atoms with Crippen LogP contribution in [0.4, 0.5) is 0 Å². The maximum Gasteiger partial charge on any atom is 0.469 e. The van der Waals surface area contributed by atoms with Crippen LogP contribution in [0.1, 0.15) is 69.4 Å². The Morgan fingerprint density at radius 3 is 2.36 bits per heavy atom. The molecule has 0 aliphatic heterocycles. The fourth-order valence-electron chi connectivity index (χ4n) is 6.16. The molecule has 1 fully saturated rings. The van der Waals surface area contributed by atoms with Crippen molar-refractivity contribution in [2.24, 2.45) is 11.3 Å². The first kappa shape index (κ1) is 24.2. The van der Waals surface area contributed by atoms with E-state index in [4.69, 9.17) is 4.52 Å². The second-order valence-corrected chi connectivity index (χ2v) is 10.6. The van der Waals surface area contributed by atoms with Gasteiger partial charge in [0.15, 0.2) is 0 Å². The summed E-state index contributed by atoms with van der Waals surface area (Å²) in [5, 5.41) is 0. The van der Waals surface area contributed by atoms with Crippen molar-refractivity contribution in [1.82, 2.24) is 0 Å². The van der Waals surface area contributed by atoms with E-state index in [0.717, 1.165) is 36.8 Å². The van der Waals surface area contributed by atoms with Crippen molar-refractivity contribution in [3.8, 4) is 0 Å². The molecule has 2 aromatic carbocycles. The molecular formula is C28H35O4P. The number of allylic oxidation sites excluding steroid dienone is 3. The van der Waals surface area contributed by atoms with Crippen molar-refractivity contribution in [2.45, 2.75) is 64.4 Å². The zero-order chi connectivity index (χ0) is 23.5. The van der Waals surface area contributed by atoms with Gasteiger partial charge in [0, 0.05) is 11.3 Å². The SMILES string of the molecule is C=C(c1ccccc1)C12CCC(OP(=O)(O)O)C1CC(CCCCCC)=C2c1ccccc1. The van der Waals surface area contributed by atoms with Crippen molar-refractivity contribution in [3.05, 3.63) is 83.9 Å². The smallest absolute Gasteiger partial charge is 0.303 e. The quantitative estimate of drug-likeness (QED) is 0.283. The molecule has 2 aromatic rings. The number of benzene rings is 2. The van der Waals surface area contributed by atoms with E-state index in [1.807, 2.05) is 24.3 Å². The summed E-state index contributed by atoms with van der Waals surface area (Å²) < 4.78 is 17.2. The van der Waals surface area contributed by atoms with Gasteiger partial charge in [-0.15, -0.1) is 0 Å². The van der Waals surface area contributed by atoms with Gasteiger partial charge in [0.1, 0.15) is 0 Å². The number of hydrogen-bond acceptors (Lipinski definition) is 2. The molecular weight excluding hydrogens is 431 g/mol. The first-order valence-corrected chi connectivity index (χ1v) is 13.7. The summed E-state index contributed by atoms with van der Waals surface area (Å²) in [5.41, 5.74) is 5.64. The lowest BCUT2D eigenvalue weighted by atomic mass is 9.66. The summed E-state index contributed by atoms with van der Waals surface area (Å²) in [6.45, 7) is 6.83. The highest BCUT2D eigenvalue weighted by Crippen LogP contribution is 2.67. The molecule has 0 radical (unpaired) electrons. The molecule has 33 heavy (non-hydrogen) atoms. The average Bonchev–Trinajstić information content (AvgIpc) is 3.31. The van der Waals surface area contributed by atoms with Crippen molar-refractivity contribution >= 4 is 19.0 Å². The standard InChI is InChI=1S/C28H35O4P/c1-3-4-5-8-17-24-20-25-26(32-33(29,30)31)18-19-28(25,21(2)22-13-9-6-10-14-22)27(24)23-15-11-7-12-16-23/h6-7,9-16,25-26H,2-5,8,17-20H2,1H3,(H2,29,30,31). The molecule has 176 valence electrons. The number of phosphoric acid groups is 1. The summed E-state index contributed by atoms with van der Waals surface area (Å²) in [7, 11) is -4.59. The average molecular weight is 467 g/mol. The van der Waals surface area contributed by atoms with E-state index >= 15 is 0 Å². The van der Waals surface area contributed by atoms with Crippen molar-refractivity contribution in [2.75, 3.05) is 0 Å². The summed E-state index contributed by atoms with van der Waals surface area (Å²) in [6.07, 6.45) is 7.45. The number of phosphoric ester groups is 1. The molecule has 0 saturated heterocycles. The zero-order valence-corrected chi connectivity index (χ0v) is 20.3. The molecule has 2 aliphatic carbocycles. The lowest BCUT2D eigenvalue weighted by molar-refractivity contribution is 0.0966. The van der Waals surface area contributed by atoms with Crippen LogP contribution in [-0.4, -0.2) is 15.9 Å². The molecule has 0 amide bonds. The van der Waals surface area contributed by atoms with E-state index in [2.05, 4.69) is 49.9 Å². The molecule has 1 saturated carbocycles. The summed E-state index contributed by atoms with van der Waals surface area (Å²) in [6, 6.07) is 20.7. The van der Waals surface area contributed by atoms with Gasteiger partial charge in [-0.3, -0.25) is 4.52 Å². The highest BCUT2D eigenvalue weighted by molar-refractivity contribution is 7.46.